The normalized spacial score (nSPS) is 12.7. The predicted octanol–water partition coefficient (Wildman–Crippen LogP) is 3.77. The average Bonchev–Trinajstić information content (AvgIpc) is 2.61. The summed E-state index contributed by atoms with van der Waals surface area (Å²) in [4.78, 5) is 37.0. The van der Waals surface area contributed by atoms with E-state index >= 15 is 0 Å². The van der Waals surface area contributed by atoms with Crippen LogP contribution in [0.3, 0.4) is 0 Å². The van der Waals surface area contributed by atoms with Gasteiger partial charge in [-0.25, -0.2) is 9.59 Å². The molecule has 7 nitrogen and oxygen atoms in total. The van der Waals surface area contributed by atoms with Crippen LogP contribution in [0.2, 0.25) is 5.02 Å². The van der Waals surface area contributed by atoms with Crippen molar-refractivity contribution in [3.8, 4) is 0 Å². The zero-order valence-electron chi connectivity index (χ0n) is 17.2. The monoisotopic (exact) mass is 452 g/mol. The van der Waals surface area contributed by atoms with Gasteiger partial charge in [0.1, 0.15) is 5.60 Å². The summed E-state index contributed by atoms with van der Waals surface area (Å²) in [6.07, 6.45) is -5.44. The fraction of sp³-hybridized carbons (Fsp3) is 0.526. The van der Waals surface area contributed by atoms with Crippen molar-refractivity contribution in [2.24, 2.45) is 0 Å². The van der Waals surface area contributed by atoms with Gasteiger partial charge in [-0.05, 0) is 39.3 Å². The molecular weight excluding hydrogens is 429 g/mol. The Hall–Kier alpha value is -2.49. The molecule has 0 saturated heterocycles. The minimum absolute atomic E-state index is 0.0205. The van der Waals surface area contributed by atoms with Gasteiger partial charge in [0.05, 0.1) is 17.7 Å². The van der Waals surface area contributed by atoms with Crippen LogP contribution >= 0.6 is 11.6 Å². The molecule has 0 aliphatic heterocycles. The Balaban J connectivity index is 3.10. The van der Waals surface area contributed by atoms with E-state index in [1.165, 1.54) is 13.0 Å². The van der Waals surface area contributed by atoms with Crippen molar-refractivity contribution in [3.63, 3.8) is 0 Å². The number of benzene rings is 1. The standard InChI is InChI=1S/C19H24ClF3N2O5/c1-11(9-24-17(28)30-18(2,3)4)25(15(26)16(27)29-5)10-12-7-6-8-13(14(12)20)19(21,22)23/h6-8,11H,9-10H2,1-5H3,(H,24,28)/t11-/m0/s1. The van der Waals surface area contributed by atoms with E-state index in [-0.39, 0.29) is 12.1 Å². The van der Waals surface area contributed by atoms with Gasteiger partial charge >= 0.3 is 24.1 Å². The van der Waals surface area contributed by atoms with Gasteiger partial charge in [-0.1, -0.05) is 23.7 Å². The summed E-state index contributed by atoms with van der Waals surface area (Å²) >= 11 is 5.90. The second-order valence-electron chi connectivity index (χ2n) is 7.43. The molecule has 0 bridgehead atoms. The molecule has 0 spiro atoms. The number of ether oxygens (including phenoxy) is 2. The van der Waals surface area contributed by atoms with E-state index < -0.39 is 52.9 Å². The smallest absolute Gasteiger partial charge is 0.417 e. The Labute approximate surface area is 177 Å². The molecular formula is C19H24ClF3N2O5. The highest BCUT2D eigenvalue weighted by atomic mass is 35.5. The quantitative estimate of drug-likeness (QED) is 0.543. The van der Waals surface area contributed by atoms with Crippen molar-refractivity contribution in [2.75, 3.05) is 13.7 Å². The van der Waals surface area contributed by atoms with Gasteiger partial charge in [-0.3, -0.25) is 4.79 Å². The largest absolute Gasteiger partial charge is 0.462 e. The summed E-state index contributed by atoms with van der Waals surface area (Å²) in [5.41, 5.74) is -1.83. The molecule has 1 rings (SSSR count). The maximum Gasteiger partial charge on any atom is 0.417 e. The lowest BCUT2D eigenvalue weighted by molar-refractivity contribution is -0.159. The molecule has 0 aromatic heterocycles. The lowest BCUT2D eigenvalue weighted by Gasteiger charge is -2.29. The van der Waals surface area contributed by atoms with Gasteiger partial charge in [0.25, 0.3) is 0 Å². The molecule has 0 fully saturated rings. The summed E-state index contributed by atoms with van der Waals surface area (Å²) < 4.78 is 48.9. The molecule has 2 amide bonds. The number of carbonyl (C=O) groups is 3. The van der Waals surface area contributed by atoms with Crippen molar-refractivity contribution in [2.45, 2.75) is 52.1 Å². The molecule has 30 heavy (non-hydrogen) atoms. The molecule has 11 heteroatoms. The summed E-state index contributed by atoms with van der Waals surface area (Å²) in [7, 11) is 0.999. The van der Waals surface area contributed by atoms with Crippen molar-refractivity contribution in [1.82, 2.24) is 10.2 Å². The van der Waals surface area contributed by atoms with Crippen LogP contribution in [0.25, 0.3) is 0 Å². The fourth-order valence-corrected chi connectivity index (χ4v) is 2.69. The maximum absolute atomic E-state index is 13.1. The number of alkyl carbamates (subject to hydrolysis) is 1. The third-order valence-corrected chi connectivity index (χ3v) is 4.26. The average molecular weight is 453 g/mol. The number of carbonyl (C=O) groups excluding carboxylic acids is 3. The Bertz CT molecular complexity index is 793. The van der Waals surface area contributed by atoms with Crippen molar-refractivity contribution in [1.29, 1.82) is 0 Å². The first-order valence-corrected chi connectivity index (χ1v) is 9.25. The zero-order chi connectivity index (χ0) is 23.3. The number of alkyl halides is 3. The number of halogens is 4. The fourth-order valence-electron chi connectivity index (χ4n) is 2.39. The van der Waals surface area contributed by atoms with E-state index in [1.807, 2.05) is 0 Å². The second-order valence-corrected chi connectivity index (χ2v) is 7.81. The van der Waals surface area contributed by atoms with E-state index in [0.29, 0.717) is 0 Å². The third-order valence-electron chi connectivity index (χ3n) is 3.82. The molecule has 0 radical (unpaired) electrons. The van der Waals surface area contributed by atoms with Gasteiger partial charge in [-0.2, -0.15) is 13.2 Å². The molecule has 0 saturated carbocycles. The third kappa shape index (κ3) is 7.40. The minimum atomic E-state index is -4.69. The van der Waals surface area contributed by atoms with Crippen molar-refractivity contribution in [3.05, 3.63) is 34.3 Å². The highest BCUT2D eigenvalue weighted by Gasteiger charge is 2.35. The van der Waals surface area contributed by atoms with Crippen LogP contribution in [0.4, 0.5) is 18.0 Å². The molecule has 0 aliphatic rings. The Kier molecular flexibility index (Phi) is 8.53. The number of methoxy groups -OCH3 is 1. The maximum atomic E-state index is 13.1. The van der Waals surface area contributed by atoms with Crippen LogP contribution in [0, 0.1) is 0 Å². The zero-order valence-corrected chi connectivity index (χ0v) is 18.0. The number of nitrogens with zero attached hydrogens (tertiary/aromatic N) is 1. The topological polar surface area (TPSA) is 84.9 Å². The van der Waals surface area contributed by atoms with E-state index in [9.17, 15) is 27.6 Å². The van der Waals surface area contributed by atoms with Crippen molar-refractivity contribution >= 4 is 29.6 Å². The molecule has 1 aromatic rings. The number of rotatable bonds is 5. The predicted molar refractivity (Wildman–Crippen MR) is 103 cm³/mol. The Morgan fingerprint density at radius 2 is 1.80 bits per heavy atom. The number of hydrogen-bond acceptors (Lipinski definition) is 5. The van der Waals surface area contributed by atoms with Crippen LogP contribution < -0.4 is 5.32 Å². The first-order chi connectivity index (χ1) is 13.7. The summed E-state index contributed by atoms with van der Waals surface area (Å²) in [5.74, 6) is -2.30. The number of hydrogen-bond donors (Lipinski definition) is 1. The first kappa shape index (κ1) is 25.5. The Morgan fingerprint density at radius 1 is 1.20 bits per heavy atom. The molecule has 1 N–H and O–H groups in total. The SMILES string of the molecule is COC(=O)C(=O)N(Cc1cccc(C(F)(F)F)c1Cl)[C@@H](C)CNC(=O)OC(C)(C)C. The summed E-state index contributed by atoms with van der Waals surface area (Å²) in [5, 5.41) is 1.86. The highest BCUT2D eigenvalue weighted by Crippen LogP contribution is 2.36. The van der Waals surface area contributed by atoms with Gasteiger partial charge in [-0.15, -0.1) is 0 Å². The van der Waals surface area contributed by atoms with E-state index in [1.54, 1.807) is 20.8 Å². The van der Waals surface area contributed by atoms with E-state index in [4.69, 9.17) is 16.3 Å². The van der Waals surface area contributed by atoms with Crippen LogP contribution in [0.1, 0.15) is 38.8 Å². The molecule has 0 aliphatic carbocycles. The van der Waals surface area contributed by atoms with Gasteiger partial charge in [0.2, 0.25) is 0 Å². The van der Waals surface area contributed by atoms with E-state index in [2.05, 4.69) is 10.1 Å². The molecule has 0 heterocycles. The molecule has 168 valence electrons. The molecule has 0 unspecified atom stereocenters. The van der Waals surface area contributed by atoms with Gasteiger partial charge in [0.15, 0.2) is 0 Å². The first-order valence-electron chi connectivity index (χ1n) is 8.87. The lowest BCUT2D eigenvalue weighted by atomic mass is 10.1. The highest BCUT2D eigenvalue weighted by molar-refractivity contribution is 6.33. The summed E-state index contributed by atoms with van der Waals surface area (Å²) in [6.45, 7) is 5.96. The number of amides is 2. The lowest BCUT2D eigenvalue weighted by Crippen LogP contribution is -2.48. The van der Waals surface area contributed by atoms with Crippen molar-refractivity contribution < 1.29 is 37.0 Å². The molecule has 1 atom stereocenters. The second kappa shape index (κ2) is 10.0. The van der Waals surface area contributed by atoms with Gasteiger partial charge in [0, 0.05) is 19.1 Å². The van der Waals surface area contributed by atoms with Crippen LogP contribution in [0.15, 0.2) is 18.2 Å². The number of nitrogens with one attached hydrogen (secondary N) is 1. The minimum Gasteiger partial charge on any atom is -0.462 e. The van der Waals surface area contributed by atoms with Crippen LogP contribution in [0.5, 0.6) is 0 Å². The van der Waals surface area contributed by atoms with Gasteiger partial charge < -0.3 is 19.7 Å². The number of esters is 1. The van der Waals surface area contributed by atoms with Crippen LogP contribution in [-0.2, 0) is 31.8 Å². The summed E-state index contributed by atoms with van der Waals surface area (Å²) in [6, 6.07) is 2.47. The van der Waals surface area contributed by atoms with Crippen LogP contribution in [-0.4, -0.2) is 48.2 Å². The molecule has 1 aromatic carbocycles. The Morgan fingerprint density at radius 3 is 2.30 bits per heavy atom. The van der Waals surface area contributed by atoms with E-state index in [0.717, 1.165) is 24.1 Å².